The Morgan fingerprint density at radius 1 is 1.19 bits per heavy atom. The molecule has 0 aromatic carbocycles. The van der Waals surface area contributed by atoms with Crippen LogP contribution in [0.2, 0.25) is 0 Å². The first-order chi connectivity index (χ1) is 10.3. The van der Waals surface area contributed by atoms with Crippen molar-refractivity contribution in [2.24, 2.45) is 5.92 Å². The van der Waals surface area contributed by atoms with Crippen LogP contribution < -0.4 is 0 Å². The molecule has 2 aromatic rings. The standard InChI is InChI=1S/C17H19N3O/c21-13-6-3-12(4-7-13)5-8-15-17-14(2-1-9-19-17)16-10-18-11-20(15)16/h1-2,5,8-13,15,21H,3-4,6-7H2/b8-5+/t12?,13?,15-/m1/s1. The van der Waals surface area contributed by atoms with Gasteiger partial charge in [0.25, 0.3) is 0 Å². The minimum Gasteiger partial charge on any atom is -0.393 e. The molecule has 1 fully saturated rings. The predicted octanol–water partition coefficient (Wildman–Crippen LogP) is 2.96. The third-order valence-corrected chi connectivity index (χ3v) is 4.67. The first-order valence-electron chi connectivity index (χ1n) is 7.66. The molecular weight excluding hydrogens is 262 g/mol. The Balaban J connectivity index is 1.61. The maximum atomic E-state index is 9.59. The van der Waals surface area contributed by atoms with E-state index in [4.69, 9.17) is 0 Å². The average Bonchev–Trinajstić information content (AvgIpc) is 3.08. The zero-order valence-electron chi connectivity index (χ0n) is 11.9. The number of hydrogen-bond donors (Lipinski definition) is 1. The van der Waals surface area contributed by atoms with Gasteiger partial charge < -0.3 is 9.67 Å². The SMILES string of the molecule is OC1CCC(/C=C/[C@@H]2c3ncccc3-c3cncn32)CC1. The van der Waals surface area contributed by atoms with Gasteiger partial charge in [0, 0.05) is 11.8 Å². The number of fused-ring (bicyclic) bond motifs is 3. The third kappa shape index (κ3) is 2.20. The number of allylic oxidation sites excluding steroid dienone is 2. The van der Waals surface area contributed by atoms with E-state index in [2.05, 4.69) is 32.8 Å². The van der Waals surface area contributed by atoms with E-state index in [0.29, 0.717) is 5.92 Å². The number of aliphatic hydroxyl groups is 1. The van der Waals surface area contributed by atoms with Crippen LogP contribution in [-0.2, 0) is 0 Å². The van der Waals surface area contributed by atoms with Crippen LogP contribution >= 0.6 is 0 Å². The average molecular weight is 281 g/mol. The highest BCUT2D eigenvalue weighted by Gasteiger charge is 2.28. The van der Waals surface area contributed by atoms with Crippen LogP contribution in [0.25, 0.3) is 11.3 Å². The second-order valence-corrected chi connectivity index (χ2v) is 6.02. The van der Waals surface area contributed by atoms with Crippen LogP contribution in [0.1, 0.15) is 37.4 Å². The van der Waals surface area contributed by atoms with Crippen LogP contribution in [0.15, 0.2) is 43.0 Å². The quantitative estimate of drug-likeness (QED) is 0.861. The molecule has 2 aliphatic rings. The second-order valence-electron chi connectivity index (χ2n) is 6.02. The van der Waals surface area contributed by atoms with Crippen LogP contribution in [0.5, 0.6) is 0 Å². The summed E-state index contributed by atoms with van der Waals surface area (Å²) in [5, 5.41) is 9.59. The molecule has 0 spiro atoms. The summed E-state index contributed by atoms with van der Waals surface area (Å²) in [6, 6.07) is 4.25. The van der Waals surface area contributed by atoms with Crippen molar-refractivity contribution >= 4 is 0 Å². The molecule has 108 valence electrons. The van der Waals surface area contributed by atoms with E-state index in [0.717, 1.165) is 37.1 Å². The van der Waals surface area contributed by atoms with Gasteiger partial charge in [-0.05, 0) is 43.7 Å². The Labute approximate surface area is 124 Å². The molecule has 0 amide bonds. The van der Waals surface area contributed by atoms with E-state index in [1.165, 1.54) is 5.56 Å². The van der Waals surface area contributed by atoms with E-state index in [9.17, 15) is 5.11 Å². The number of nitrogens with zero attached hydrogens (tertiary/aromatic N) is 3. The molecule has 0 unspecified atom stereocenters. The molecular formula is C17H19N3O. The number of rotatable bonds is 2. The monoisotopic (exact) mass is 281 g/mol. The summed E-state index contributed by atoms with van der Waals surface area (Å²) in [5.41, 5.74) is 3.44. The molecule has 4 heteroatoms. The highest BCUT2D eigenvalue weighted by molar-refractivity contribution is 5.67. The topological polar surface area (TPSA) is 50.9 Å². The van der Waals surface area contributed by atoms with Crippen molar-refractivity contribution in [3.05, 3.63) is 48.7 Å². The van der Waals surface area contributed by atoms with Crippen molar-refractivity contribution in [2.45, 2.75) is 37.8 Å². The highest BCUT2D eigenvalue weighted by atomic mass is 16.3. The Kier molecular flexibility index (Phi) is 3.11. The zero-order valence-corrected chi connectivity index (χ0v) is 11.9. The van der Waals surface area contributed by atoms with Gasteiger partial charge in [0.1, 0.15) is 0 Å². The minimum absolute atomic E-state index is 0.0937. The lowest BCUT2D eigenvalue weighted by Gasteiger charge is -2.23. The molecule has 0 radical (unpaired) electrons. The van der Waals surface area contributed by atoms with Crippen LogP contribution in [0.3, 0.4) is 0 Å². The third-order valence-electron chi connectivity index (χ3n) is 4.67. The highest BCUT2D eigenvalue weighted by Crippen LogP contribution is 2.38. The van der Waals surface area contributed by atoms with E-state index in [1.807, 2.05) is 24.8 Å². The van der Waals surface area contributed by atoms with E-state index in [1.54, 1.807) is 0 Å². The fourth-order valence-corrected chi connectivity index (χ4v) is 3.48. The summed E-state index contributed by atoms with van der Waals surface area (Å²) in [5.74, 6) is 0.577. The van der Waals surface area contributed by atoms with Gasteiger partial charge in [0.2, 0.25) is 0 Å². The van der Waals surface area contributed by atoms with E-state index >= 15 is 0 Å². The molecule has 0 bridgehead atoms. The zero-order chi connectivity index (χ0) is 14.2. The Bertz CT molecular complexity index is 668. The number of aromatic nitrogens is 3. The summed E-state index contributed by atoms with van der Waals surface area (Å²) in [6.45, 7) is 0. The lowest BCUT2D eigenvalue weighted by Crippen LogP contribution is -2.17. The van der Waals surface area contributed by atoms with Gasteiger partial charge in [-0.25, -0.2) is 4.98 Å². The molecule has 2 aromatic heterocycles. The summed E-state index contributed by atoms with van der Waals surface area (Å²) in [4.78, 5) is 8.83. The number of hydrogen-bond acceptors (Lipinski definition) is 3. The molecule has 1 atom stereocenters. The summed E-state index contributed by atoms with van der Waals surface area (Å²) >= 11 is 0. The van der Waals surface area contributed by atoms with Crippen molar-refractivity contribution < 1.29 is 5.11 Å². The minimum atomic E-state index is -0.0937. The fourth-order valence-electron chi connectivity index (χ4n) is 3.48. The molecule has 1 saturated carbocycles. The van der Waals surface area contributed by atoms with Crippen molar-refractivity contribution in [2.75, 3.05) is 0 Å². The maximum Gasteiger partial charge on any atom is 0.0962 e. The van der Waals surface area contributed by atoms with Crippen molar-refractivity contribution in [3.8, 4) is 11.3 Å². The van der Waals surface area contributed by atoms with Gasteiger partial charge in [-0.3, -0.25) is 4.98 Å². The summed E-state index contributed by atoms with van der Waals surface area (Å²) < 4.78 is 2.19. The Morgan fingerprint density at radius 2 is 2.05 bits per heavy atom. The maximum absolute atomic E-state index is 9.59. The van der Waals surface area contributed by atoms with Crippen LogP contribution in [0.4, 0.5) is 0 Å². The van der Waals surface area contributed by atoms with Gasteiger partial charge in [-0.15, -0.1) is 0 Å². The van der Waals surface area contributed by atoms with E-state index in [-0.39, 0.29) is 12.1 Å². The van der Waals surface area contributed by atoms with Crippen molar-refractivity contribution in [1.82, 2.24) is 14.5 Å². The Morgan fingerprint density at radius 3 is 2.90 bits per heavy atom. The van der Waals surface area contributed by atoms with Gasteiger partial charge in [-0.2, -0.15) is 0 Å². The normalized spacial score (nSPS) is 27.8. The number of imidazole rings is 1. The Hall–Kier alpha value is -1.94. The molecule has 1 aliphatic carbocycles. The molecule has 4 nitrogen and oxygen atoms in total. The molecule has 1 N–H and O–H groups in total. The number of aliphatic hydroxyl groups excluding tert-OH is 1. The molecule has 0 saturated heterocycles. The van der Waals surface area contributed by atoms with E-state index < -0.39 is 0 Å². The molecule has 4 rings (SSSR count). The van der Waals surface area contributed by atoms with Gasteiger partial charge in [-0.1, -0.05) is 12.2 Å². The van der Waals surface area contributed by atoms with Crippen LogP contribution in [0, 0.1) is 5.92 Å². The van der Waals surface area contributed by atoms with Gasteiger partial charge in [0.05, 0.1) is 36.1 Å². The summed E-state index contributed by atoms with van der Waals surface area (Å²) in [6.07, 6.45) is 14.1. The van der Waals surface area contributed by atoms with Gasteiger partial charge >= 0.3 is 0 Å². The second kappa shape index (κ2) is 5.11. The number of pyridine rings is 1. The lowest BCUT2D eigenvalue weighted by atomic mass is 9.87. The molecule has 3 heterocycles. The first-order valence-corrected chi connectivity index (χ1v) is 7.66. The molecule has 21 heavy (non-hydrogen) atoms. The largest absolute Gasteiger partial charge is 0.393 e. The lowest BCUT2D eigenvalue weighted by molar-refractivity contribution is 0.118. The van der Waals surface area contributed by atoms with Crippen LogP contribution in [-0.4, -0.2) is 25.7 Å². The smallest absolute Gasteiger partial charge is 0.0962 e. The van der Waals surface area contributed by atoms with Crippen molar-refractivity contribution in [1.29, 1.82) is 0 Å². The molecule has 1 aliphatic heterocycles. The van der Waals surface area contributed by atoms with Crippen molar-refractivity contribution in [3.63, 3.8) is 0 Å². The summed E-state index contributed by atoms with van der Waals surface area (Å²) in [7, 11) is 0. The van der Waals surface area contributed by atoms with Gasteiger partial charge in [0.15, 0.2) is 0 Å². The predicted molar refractivity (Wildman–Crippen MR) is 80.7 cm³/mol. The first kappa shape index (κ1) is 12.8. The fraction of sp³-hybridized carbons (Fsp3) is 0.412.